The van der Waals surface area contributed by atoms with Gasteiger partial charge in [-0.05, 0) is 35.9 Å². The van der Waals surface area contributed by atoms with E-state index in [2.05, 4.69) is 5.32 Å². The Balaban J connectivity index is 2.15. The number of carboxylic acid groups (broad SMARTS) is 1. The minimum Gasteiger partial charge on any atom is -0.480 e. The van der Waals surface area contributed by atoms with Crippen LogP contribution in [0.2, 0.25) is 0 Å². The number of hydrogen-bond donors (Lipinski definition) is 2. The fourth-order valence-electron chi connectivity index (χ4n) is 2.36. The minimum absolute atomic E-state index is 0.0231. The predicted octanol–water partition coefficient (Wildman–Crippen LogP) is 4.15. The first-order valence-corrected chi connectivity index (χ1v) is 7.75. The monoisotopic (exact) mass is 405 g/mol. The molecule has 0 aliphatic rings. The van der Waals surface area contributed by atoms with E-state index in [1.165, 1.54) is 6.07 Å². The van der Waals surface area contributed by atoms with Crippen molar-refractivity contribution in [2.75, 3.05) is 0 Å². The van der Waals surface area contributed by atoms with Crippen molar-refractivity contribution in [1.29, 1.82) is 0 Å². The Kier molecular flexibility index (Phi) is 6.01. The van der Waals surface area contributed by atoms with E-state index in [1.54, 1.807) is 0 Å². The van der Waals surface area contributed by atoms with E-state index in [-0.39, 0.29) is 11.1 Å². The highest BCUT2D eigenvalue weighted by Crippen LogP contribution is 2.30. The SMILES string of the molecule is O=C(N[C@@H](Cc1cccc(C(F)(F)F)c1)C(=O)O)c1ccc(C(F)(F)F)cc1. The third kappa shape index (κ3) is 5.48. The van der Waals surface area contributed by atoms with Crippen molar-refractivity contribution < 1.29 is 41.0 Å². The normalized spacial score (nSPS) is 13.1. The molecule has 150 valence electrons. The number of carbonyl (C=O) groups excluding carboxylic acids is 1. The summed E-state index contributed by atoms with van der Waals surface area (Å²) in [5.74, 6) is -2.47. The van der Waals surface area contributed by atoms with Gasteiger partial charge in [0.1, 0.15) is 6.04 Å². The van der Waals surface area contributed by atoms with Crippen molar-refractivity contribution in [3.63, 3.8) is 0 Å². The summed E-state index contributed by atoms with van der Waals surface area (Å²) >= 11 is 0. The van der Waals surface area contributed by atoms with Gasteiger partial charge in [-0.3, -0.25) is 4.79 Å². The largest absolute Gasteiger partial charge is 0.480 e. The molecule has 28 heavy (non-hydrogen) atoms. The minimum atomic E-state index is -4.61. The molecule has 1 atom stereocenters. The third-order valence-electron chi connectivity index (χ3n) is 3.77. The molecule has 0 saturated carbocycles. The number of benzene rings is 2. The first-order chi connectivity index (χ1) is 12.9. The first kappa shape index (κ1) is 21.3. The highest BCUT2D eigenvalue weighted by Gasteiger charge is 2.32. The fourth-order valence-corrected chi connectivity index (χ4v) is 2.36. The molecule has 0 saturated heterocycles. The molecule has 0 aliphatic heterocycles. The molecule has 0 spiro atoms. The number of rotatable bonds is 5. The first-order valence-electron chi connectivity index (χ1n) is 7.75. The second kappa shape index (κ2) is 7.91. The molecule has 0 unspecified atom stereocenters. The van der Waals surface area contributed by atoms with Gasteiger partial charge in [0.2, 0.25) is 0 Å². The Hall–Kier alpha value is -3.04. The smallest absolute Gasteiger partial charge is 0.416 e. The van der Waals surface area contributed by atoms with Crippen LogP contribution in [-0.4, -0.2) is 23.0 Å². The molecule has 4 nitrogen and oxygen atoms in total. The van der Waals surface area contributed by atoms with Crippen LogP contribution in [0.4, 0.5) is 26.3 Å². The van der Waals surface area contributed by atoms with Crippen LogP contribution in [0.3, 0.4) is 0 Å². The third-order valence-corrected chi connectivity index (χ3v) is 3.77. The Morgan fingerprint density at radius 2 is 1.46 bits per heavy atom. The van der Waals surface area contributed by atoms with E-state index in [0.717, 1.165) is 30.3 Å². The molecule has 0 bridgehead atoms. The lowest BCUT2D eigenvalue weighted by atomic mass is 10.0. The molecule has 0 fully saturated rings. The Bertz CT molecular complexity index is 859. The van der Waals surface area contributed by atoms with E-state index in [9.17, 15) is 41.0 Å². The highest BCUT2D eigenvalue weighted by molar-refractivity contribution is 5.96. The van der Waals surface area contributed by atoms with Crippen molar-refractivity contribution in [3.05, 3.63) is 70.8 Å². The van der Waals surface area contributed by atoms with Crippen LogP contribution in [0.5, 0.6) is 0 Å². The van der Waals surface area contributed by atoms with Gasteiger partial charge >= 0.3 is 18.3 Å². The van der Waals surface area contributed by atoms with Crippen molar-refractivity contribution in [2.24, 2.45) is 0 Å². The Morgan fingerprint density at radius 3 is 1.96 bits per heavy atom. The van der Waals surface area contributed by atoms with E-state index in [1.807, 2.05) is 0 Å². The van der Waals surface area contributed by atoms with E-state index >= 15 is 0 Å². The van der Waals surface area contributed by atoms with Gasteiger partial charge in [-0.15, -0.1) is 0 Å². The van der Waals surface area contributed by atoms with Crippen LogP contribution in [0.1, 0.15) is 27.0 Å². The fraction of sp³-hybridized carbons (Fsp3) is 0.222. The lowest BCUT2D eigenvalue weighted by molar-refractivity contribution is -0.139. The quantitative estimate of drug-likeness (QED) is 0.735. The van der Waals surface area contributed by atoms with Gasteiger partial charge in [-0.1, -0.05) is 18.2 Å². The molecule has 10 heteroatoms. The topological polar surface area (TPSA) is 66.4 Å². The summed E-state index contributed by atoms with van der Waals surface area (Å²) in [6.07, 6.45) is -9.65. The van der Waals surface area contributed by atoms with Crippen LogP contribution in [0, 0.1) is 0 Å². The number of amides is 1. The van der Waals surface area contributed by atoms with Gasteiger partial charge in [-0.25, -0.2) is 4.79 Å². The molecule has 1 amide bonds. The maximum Gasteiger partial charge on any atom is 0.416 e. The molecule has 0 aliphatic carbocycles. The van der Waals surface area contributed by atoms with Crippen molar-refractivity contribution in [3.8, 4) is 0 Å². The number of hydrogen-bond acceptors (Lipinski definition) is 2. The summed E-state index contributed by atoms with van der Waals surface area (Å²) in [4.78, 5) is 23.5. The van der Waals surface area contributed by atoms with Gasteiger partial charge in [-0.2, -0.15) is 26.3 Å². The Labute approximate surface area is 154 Å². The van der Waals surface area contributed by atoms with E-state index in [4.69, 9.17) is 0 Å². The summed E-state index contributed by atoms with van der Waals surface area (Å²) < 4.78 is 75.8. The van der Waals surface area contributed by atoms with E-state index < -0.39 is 47.8 Å². The van der Waals surface area contributed by atoms with Gasteiger partial charge in [0.15, 0.2) is 0 Å². The number of carboxylic acids is 1. The molecule has 2 N–H and O–H groups in total. The molecular formula is C18H13F6NO3. The number of carbonyl (C=O) groups is 2. The highest BCUT2D eigenvalue weighted by atomic mass is 19.4. The number of nitrogens with one attached hydrogen (secondary N) is 1. The summed E-state index contributed by atoms with van der Waals surface area (Å²) in [5, 5.41) is 11.3. The van der Waals surface area contributed by atoms with Gasteiger partial charge in [0.05, 0.1) is 11.1 Å². The van der Waals surface area contributed by atoms with Crippen molar-refractivity contribution in [1.82, 2.24) is 5.32 Å². The van der Waals surface area contributed by atoms with Crippen LogP contribution in [0.15, 0.2) is 48.5 Å². The summed E-state index contributed by atoms with van der Waals surface area (Å²) in [5.41, 5.74) is -2.15. The van der Waals surface area contributed by atoms with Gasteiger partial charge in [0, 0.05) is 12.0 Å². The standard InChI is InChI=1S/C18H13F6NO3/c19-17(20,21)12-6-4-11(5-7-12)15(26)25-14(16(27)28)9-10-2-1-3-13(8-10)18(22,23)24/h1-8,14H,9H2,(H,25,26)(H,27,28)/t14-/m0/s1. The summed E-state index contributed by atoms with van der Waals surface area (Å²) in [7, 11) is 0. The van der Waals surface area contributed by atoms with Gasteiger partial charge in [0.25, 0.3) is 5.91 Å². The average molecular weight is 405 g/mol. The lowest BCUT2D eigenvalue weighted by Crippen LogP contribution is -2.42. The maximum absolute atomic E-state index is 12.7. The molecule has 2 rings (SSSR count). The number of alkyl halides is 6. The predicted molar refractivity (Wildman–Crippen MR) is 85.5 cm³/mol. The average Bonchev–Trinajstić information content (AvgIpc) is 2.60. The van der Waals surface area contributed by atoms with Crippen LogP contribution >= 0.6 is 0 Å². The Morgan fingerprint density at radius 1 is 0.893 bits per heavy atom. The zero-order valence-corrected chi connectivity index (χ0v) is 13.9. The number of aliphatic carboxylic acids is 1. The second-order valence-electron chi connectivity index (χ2n) is 5.84. The lowest BCUT2D eigenvalue weighted by Gasteiger charge is -2.16. The zero-order valence-electron chi connectivity index (χ0n) is 13.9. The molecule has 0 heterocycles. The summed E-state index contributed by atoms with van der Waals surface area (Å²) in [6.45, 7) is 0. The molecule has 0 aromatic heterocycles. The van der Waals surface area contributed by atoms with Crippen LogP contribution in [-0.2, 0) is 23.6 Å². The molecule has 2 aromatic rings. The van der Waals surface area contributed by atoms with Gasteiger partial charge < -0.3 is 10.4 Å². The summed E-state index contributed by atoms with van der Waals surface area (Å²) in [6, 6.07) is 5.47. The van der Waals surface area contributed by atoms with E-state index in [0.29, 0.717) is 12.1 Å². The van der Waals surface area contributed by atoms with Crippen molar-refractivity contribution >= 4 is 11.9 Å². The maximum atomic E-state index is 12.7. The molecule has 0 radical (unpaired) electrons. The second-order valence-corrected chi connectivity index (χ2v) is 5.84. The number of halogens is 6. The zero-order chi connectivity index (χ0) is 21.1. The van der Waals surface area contributed by atoms with Crippen LogP contribution < -0.4 is 5.32 Å². The van der Waals surface area contributed by atoms with Crippen molar-refractivity contribution in [2.45, 2.75) is 24.8 Å². The molecule has 2 aromatic carbocycles. The molecular weight excluding hydrogens is 392 g/mol. The van der Waals surface area contributed by atoms with Crippen LogP contribution in [0.25, 0.3) is 0 Å².